The first-order chi connectivity index (χ1) is 16.0. The summed E-state index contributed by atoms with van der Waals surface area (Å²) in [6.07, 6.45) is 3.43. The highest BCUT2D eigenvalue weighted by molar-refractivity contribution is 6.31. The number of benzene rings is 3. The molecular formula is C26H18Cl2N4O. The summed E-state index contributed by atoms with van der Waals surface area (Å²) in [5.41, 5.74) is 4.46. The summed E-state index contributed by atoms with van der Waals surface area (Å²) in [4.78, 5) is 18.0. The van der Waals surface area contributed by atoms with Crippen molar-refractivity contribution in [3.63, 3.8) is 0 Å². The normalized spacial score (nSPS) is 11.0. The monoisotopic (exact) mass is 472 g/mol. The van der Waals surface area contributed by atoms with Gasteiger partial charge in [0.1, 0.15) is 0 Å². The Kier molecular flexibility index (Phi) is 5.82. The van der Waals surface area contributed by atoms with Crippen LogP contribution in [0, 0.1) is 0 Å². The van der Waals surface area contributed by atoms with Crippen molar-refractivity contribution >= 4 is 45.7 Å². The van der Waals surface area contributed by atoms with E-state index in [-0.39, 0.29) is 5.91 Å². The van der Waals surface area contributed by atoms with E-state index in [1.54, 1.807) is 29.2 Å². The van der Waals surface area contributed by atoms with Crippen LogP contribution in [0.5, 0.6) is 0 Å². The summed E-state index contributed by atoms with van der Waals surface area (Å²) in [7, 11) is 0. The van der Waals surface area contributed by atoms with Gasteiger partial charge in [-0.05, 0) is 42.0 Å². The molecule has 2 heterocycles. The summed E-state index contributed by atoms with van der Waals surface area (Å²) in [5.74, 6) is -0.233. The van der Waals surface area contributed by atoms with E-state index in [1.165, 1.54) is 0 Å². The first kappa shape index (κ1) is 21.2. The number of rotatable bonds is 5. The van der Waals surface area contributed by atoms with E-state index < -0.39 is 0 Å². The highest BCUT2D eigenvalue weighted by atomic mass is 35.5. The van der Waals surface area contributed by atoms with Gasteiger partial charge in [0.2, 0.25) is 0 Å². The first-order valence-electron chi connectivity index (χ1n) is 10.3. The fourth-order valence-corrected chi connectivity index (χ4v) is 3.97. The Hall–Kier alpha value is -3.67. The standard InChI is InChI=1S/C26H18Cl2N4O/c27-19-10-8-17(9-11-19)15-32-16-21(14-29-32)30-26(33)23-13-25(18-4-3-5-20(28)12-18)31-24-7-2-1-6-22(23)24/h1-14,16H,15H2,(H,30,33). The predicted octanol–water partition coefficient (Wildman–Crippen LogP) is 6.71. The maximum Gasteiger partial charge on any atom is 0.256 e. The number of hydrogen-bond donors (Lipinski definition) is 1. The van der Waals surface area contributed by atoms with Crippen molar-refractivity contribution < 1.29 is 4.79 Å². The van der Waals surface area contributed by atoms with Gasteiger partial charge in [-0.2, -0.15) is 5.10 Å². The Morgan fingerprint density at radius 3 is 2.55 bits per heavy atom. The third kappa shape index (κ3) is 4.75. The van der Waals surface area contributed by atoms with Gasteiger partial charge in [0.15, 0.2) is 0 Å². The molecule has 0 atom stereocenters. The molecule has 1 N–H and O–H groups in total. The Morgan fingerprint density at radius 1 is 0.909 bits per heavy atom. The lowest BCUT2D eigenvalue weighted by Crippen LogP contribution is -2.12. The summed E-state index contributed by atoms with van der Waals surface area (Å²) in [6, 6.07) is 24.4. The van der Waals surface area contributed by atoms with Gasteiger partial charge in [0.05, 0.1) is 35.2 Å². The molecule has 7 heteroatoms. The number of nitrogens with one attached hydrogen (secondary N) is 1. The lowest BCUT2D eigenvalue weighted by Gasteiger charge is -2.10. The zero-order valence-electron chi connectivity index (χ0n) is 17.4. The van der Waals surface area contributed by atoms with Crippen LogP contribution in [-0.4, -0.2) is 20.7 Å². The minimum Gasteiger partial charge on any atom is -0.319 e. The number of carbonyl (C=O) groups is 1. The largest absolute Gasteiger partial charge is 0.319 e. The van der Waals surface area contributed by atoms with Crippen molar-refractivity contribution in [3.8, 4) is 11.3 Å². The minimum atomic E-state index is -0.233. The van der Waals surface area contributed by atoms with E-state index in [9.17, 15) is 4.79 Å². The number of halogens is 2. The highest BCUT2D eigenvalue weighted by Gasteiger charge is 2.15. The molecule has 1 amide bonds. The number of fused-ring (bicyclic) bond motifs is 1. The molecule has 0 spiro atoms. The smallest absolute Gasteiger partial charge is 0.256 e. The molecule has 5 rings (SSSR count). The van der Waals surface area contributed by atoms with Crippen LogP contribution in [-0.2, 0) is 6.54 Å². The Balaban J connectivity index is 1.43. The van der Waals surface area contributed by atoms with E-state index in [4.69, 9.17) is 28.2 Å². The molecule has 5 aromatic rings. The second-order valence-electron chi connectivity index (χ2n) is 7.59. The molecule has 0 fully saturated rings. The van der Waals surface area contributed by atoms with Crippen LogP contribution >= 0.6 is 23.2 Å². The molecule has 0 saturated heterocycles. The topological polar surface area (TPSA) is 59.8 Å². The van der Waals surface area contributed by atoms with E-state index in [1.807, 2.05) is 66.7 Å². The van der Waals surface area contributed by atoms with Crippen LogP contribution in [0.15, 0.2) is 91.3 Å². The molecule has 0 bridgehead atoms. The second kappa shape index (κ2) is 9.06. The molecule has 3 aromatic carbocycles. The van der Waals surface area contributed by atoms with Crippen LogP contribution < -0.4 is 5.32 Å². The SMILES string of the molecule is O=C(Nc1cnn(Cc2ccc(Cl)cc2)c1)c1cc(-c2cccc(Cl)c2)nc2ccccc12. The fourth-order valence-electron chi connectivity index (χ4n) is 3.65. The van der Waals surface area contributed by atoms with Crippen LogP contribution in [0.1, 0.15) is 15.9 Å². The summed E-state index contributed by atoms with van der Waals surface area (Å²) in [6.45, 7) is 0.574. The molecule has 2 aromatic heterocycles. The Labute approximate surface area is 200 Å². The van der Waals surface area contributed by atoms with Crippen LogP contribution in [0.3, 0.4) is 0 Å². The molecule has 0 aliphatic heterocycles. The lowest BCUT2D eigenvalue weighted by molar-refractivity contribution is 0.102. The number of carbonyl (C=O) groups excluding carboxylic acids is 1. The number of aromatic nitrogens is 3. The molecule has 33 heavy (non-hydrogen) atoms. The van der Waals surface area contributed by atoms with Gasteiger partial charge in [-0.1, -0.05) is 65.7 Å². The average molecular weight is 473 g/mol. The van der Waals surface area contributed by atoms with Crippen LogP contribution in [0.2, 0.25) is 10.0 Å². The average Bonchev–Trinajstić information content (AvgIpc) is 3.26. The van der Waals surface area contributed by atoms with E-state index in [2.05, 4.69) is 10.4 Å². The van der Waals surface area contributed by atoms with Gasteiger partial charge < -0.3 is 5.32 Å². The zero-order chi connectivity index (χ0) is 22.8. The quantitative estimate of drug-likeness (QED) is 0.309. The third-order valence-electron chi connectivity index (χ3n) is 5.23. The number of para-hydroxylation sites is 1. The van der Waals surface area contributed by atoms with Crippen molar-refractivity contribution in [3.05, 3.63) is 112 Å². The fraction of sp³-hybridized carbons (Fsp3) is 0.0385. The predicted molar refractivity (Wildman–Crippen MR) is 133 cm³/mol. The van der Waals surface area contributed by atoms with Gasteiger partial charge in [0.25, 0.3) is 5.91 Å². The number of amides is 1. The molecule has 0 saturated carbocycles. The van der Waals surface area contributed by atoms with Crippen LogP contribution in [0.25, 0.3) is 22.2 Å². The molecule has 162 valence electrons. The molecule has 0 radical (unpaired) electrons. The van der Waals surface area contributed by atoms with Crippen molar-refractivity contribution in [2.24, 2.45) is 0 Å². The number of nitrogens with zero attached hydrogens (tertiary/aromatic N) is 3. The van der Waals surface area contributed by atoms with Gasteiger partial charge in [-0.25, -0.2) is 4.98 Å². The zero-order valence-corrected chi connectivity index (χ0v) is 18.9. The van der Waals surface area contributed by atoms with Crippen molar-refractivity contribution in [1.29, 1.82) is 0 Å². The summed E-state index contributed by atoms with van der Waals surface area (Å²) >= 11 is 12.1. The van der Waals surface area contributed by atoms with E-state index >= 15 is 0 Å². The molecular weight excluding hydrogens is 455 g/mol. The minimum absolute atomic E-state index is 0.233. The second-order valence-corrected chi connectivity index (χ2v) is 8.46. The van der Waals surface area contributed by atoms with Gasteiger partial charge in [-0.15, -0.1) is 0 Å². The summed E-state index contributed by atoms with van der Waals surface area (Å²) in [5, 5.41) is 9.39. The molecule has 0 aliphatic carbocycles. The Morgan fingerprint density at radius 2 is 1.73 bits per heavy atom. The van der Waals surface area contributed by atoms with E-state index in [0.717, 1.165) is 22.0 Å². The van der Waals surface area contributed by atoms with Crippen molar-refractivity contribution in [1.82, 2.24) is 14.8 Å². The first-order valence-corrected chi connectivity index (χ1v) is 11.0. The molecule has 5 nitrogen and oxygen atoms in total. The highest BCUT2D eigenvalue weighted by Crippen LogP contribution is 2.27. The Bertz CT molecular complexity index is 1460. The lowest BCUT2D eigenvalue weighted by atomic mass is 10.0. The van der Waals surface area contributed by atoms with E-state index in [0.29, 0.717) is 33.5 Å². The third-order valence-corrected chi connectivity index (χ3v) is 5.72. The maximum atomic E-state index is 13.3. The molecule has 0 aliphatic rings. The molecule has 0 unspecified atom stereocenters. The number of anilines is 1. The summed E-state index contributed by atoms with van der Waals surface area (Å²) < 4.78 is 1.76. The van der Waals surface area contributed by atoms with Crippen LogP contribution in [0.4, 0.5) is 5.69 Å². The number of pyridine rings is 1. The van der Waals surface area contributed by atoms with Crippen molar-refractivity contribution in [2.75, 3.05) is 5.32 Å². The van der Waals surface area contributed by atoms with Crippen molar-refractivity contribution in [2.45, 2.75) is 6.54 Å². The maximum absolute atomic E-state index is 13.3. The number of hydrogen-bond acceptors (Lipinski definition) is 3. The van der Waals surface area contributed by atoms with Gasteiger partial charge >= 0.3 is 0 Å². The van der Waals surface area contributed by atoms with Gasteiger partial charge in [0, 0.05) is 27.2 Å². The van der Waals surface area contributed by atoms with Gasteiger partial charge in [-0.3, -0.25) is 9.48 Å².